The van der Waals surface area contributed by atoms with Gasteiger partial charge in [0, 0.05) is 22.9 Å². The summed E-state index contributed by atoms with van der Waals surface area (Å²) in [5.41, 5.74) is 27.0. The first kappa shape index (κ1) is 34.3. The number of alkyl halides is 7. The number of carboxylic acid groups (broad SMARTS) is 2. The number of nitrogens with one attached hydrogen (secondary N) is 1. The summed E-state index contributed by atoms with van der Waals surface area (Å²) in [5, 5.41) is 33.7. The van der Waals surface area contributed by atoms with Crippen LogP contribution in [0.2, 0.25) is 0 Å². The molecule has 8 N–H and O–H groups in total. The number of guanidine groups is 1. The molecule has 16 nitrogen and oxygen atoms in total. The van der Waals surface area contributed by atoms with Crippen molar-refractivity contribution in [2.24, 2.45) is 44.4 Å². The first-order valence-corrected chi connectivity index (χ1v) is 10.0. The number of carbonyl (C=O) groups excluding carboxylic acids is 1. The molecule has 6 atom stereocenters. The van der Waals surface area contributed by atoms with Gasteiger partial charge < -0.3 is 32.1 Å². The summed E-state index contributed by atoms with van der Waals surface area (Å²) >= 11 is 6.54. The SMILES string of the molecule is O=C(O)C(F)(F)F.O=C(O)C(F)(F)F.[N-]=[N+]=NC[C@@H]1[C@@H](CN=[N+]=[N-])[C@H](C(=O)CN)[C@]2(NC(N)=N[C@H]2O)[C@H]1Cl. The molecular weight excluding hydrogens is 566 g/mol. The molecule has 2 aliphatic rings. The standard InChI is InChI=1S/C11H17ClN10O2.2C2HF3O2/c12-8-5(3-18-22-16)4(2-17-21-15)7(6(23)1-13)11(8)9(24)19-10(14)20-11;2*3-2(4,5)1(6)7/h4-5,7-9,24H,1-3,13H2,(H3,14,19,20);2*(H,6,7)/t4-,5-,7-,8+,9+,11+;;/m1../s1. The van der Waals surface area contributed by atoms with E-state index in [1.54, 1.807) is 0 Å². The molecule has 0 amide bonds. The van der Waals surface area contributed by atoms with Gasteiger partial charge in [0.05, 0.1) is 17.8 Å². The fourth-order valence-corrected chi connectivity index (χ4v) is 4.28. The minimum atomic E-state index is -5.08. The van der Waals surface area contributed by atoms with Gasteiger partial charge in [0.2, 0.25) is 0 Å². The molecule has 0 bridgehead atoms. The largest absolute Gasteiger partial charge is 0.490 e. The summed E-state index contributed by atoms with van der Waals surface area (Å²) in [6.07, 6.45) is -11.6. The van der Waals surface area contributed by atoms with Gasteiger partial charge in [0.15, 0.2) is 18.0 Å². The van der Waals surface area contributed by atoms with Crippen LogP contribution in [0.4, 0.5) is 26.3 Å². The van der Waals surface area contributed by atoms with Crippen molar-refractivity contribution < 1.29 is 56.0 Å². The van der Waals surface area contributed by atoms with E-state index in [4.69, 9.17) is 53.9 Å². The molecule has 0 unspecified atom stereocenters. The Bertz CT molecular complexity index is 992. The van der Waals surface area contributed by atoms with Crippen LogP contribution >= 0.6 is 11.6 Å². The van der Waals surface area contributed by atoms with E-state index < -0.39 is 65.0 Å². The Morgan fingerprint density at radius 2 is 1.42 bits per heavy atom. The van der Waals surface area contributed by atoms with E-state index in [2.05, 4.69) is 30.4 Å². The van der Waals surface area contributed by atoms with Crippen LogP contribution in [0.3, 0.4) is 0 Å². The predicted octanol–water partition coefficient (Wildman–Crippen LogP) is 0.846. The molecule has 38 heavy (non-hydrogen) atoms. The predicted molar refractivity (Wildman–Crippen MR) is 113 cm³/mol. The third kappa shape index (κ3) is 8.42. The molecule has 0 radical (unpaired) electrons. The topological polar surface area (TPSA) is 286 Å². The molecule has 1 spiro atoms. The van der Waals surface area contributed by atoms with Crippen LogP contribution in [-0.4, -0.2) is 88.1 Å². The van der Waals surface area contributed by atoms with Crippen molar-refractivity contribution in [2.75, 3.05) is 19.6 Å². The Labute approximate surface area is 211 Å². The van der Waals surface area contributed by atoms with E-state index in [0.29, 0.717) is 0 Å². The third-order valence-electron chi connectivity index (χ3n) is 5.10. The Balaban J connectivity index is 0.000000804. The minimum absolute atomic E-state index is 0.0410. The highest BCUT2D eigenvalue weighted by Gasteiger charge is 2.66. The van der Waals surface area contributed by atoms with E-state index in [-0.39, 0.29) is 25.6 Å². The first-order chi connectivity index (χ1) is 17.3. The molecule has 1 aliphatic carbocycles. The monoisotopic (exact) mass is 584 g/mol. The number of halogens is 7. The number of Topliss-reactive ketones (excluding diaryl/α,β-unsaturated/α-hetero) is 1. The smallest absolute Gasteiger partial charge is 0.475 e. The molecule has 0 aromatic rings. The van der Waals surface area contributed by atoms with Crippen LogP contribution in [-0.2, 0) is 14.4 Å². The Morgan fingerprint density at radius 1 is 1.03 bits per heavy atom. The minimum Gasteiger partial charge on any atom is -0.475 e. The molecule has 1 fully saturated rings. The van der Waals surface area contributed by atoms with Crippen LogP contribution in [0.15, 0.2) is 15.2 Å². The van der Waals surface area contributed by atoms with Gasteiger partial charge >= 0.3 is 24.3 Å². The number of aliphatic carboxylic acids is 2. The fraction of sp³-hybridized carbons (Fsp3) is 0.733. The number of rotatable bonds is 6. The number of carboxylic acids is 2. The maximum Gasteiger partial charge on any atom is 0.490 e. The number of aliphatic hydroxyl groups excluding tert-OH is 1. The van der Waals surface area contributed by atoms with E-state index in [0.717, 1.165) is 0 Å². The molecule has 1 aliphatic heterocycles. The van der Waals surface area contributed by atoms with Crippen molar-refractivity contribution in [3.05, 3.63) is 20.9 Å². The lowest BCUT2D eigenvalue weighted by molar-refractivity contribution is -0.193. The van der Waals surface area contributed by atoms with E-state index in [1.165, 1.54) is 0 Å². The van der Waals surface area contributed by atoms with Gasteiger partial charge in [-0.1, -0.05) is 10.2 Å². The Morgan fingerprint density at radius 3 is 1.71 bits per heavy atom. The molecule has 214 valence electrons. The van der Waals surface area contributed by atoms with Crippen molar-refractivity contribution in [1.29, 1.82) is 0 Å². The van der Waals surface area contributed by atoms with Gasteiger partial charge in [-0.3, -0.25) is 4.79 Å². The summed E-state index contributed by atoms with van der Waals surface area (Å²) < 4.78 is 63.5. The molecule has 0 aromatic heterocycles. The number of carbonyl (C=O) groups is 3. The number of aliphatic imine (C=N–C) groups is 1. The molecule has 0 aromatic carbocycles. The summed E-state index contributed by atoms with van der Waals surface area (Å²) in [4.78, 5) is 39.5. The van der Waals surface area contributed by atoms with Crippen molar-refractivity contribution >= 4 is 35.3 Å². The second kappa shape index (κ2) is 13.7. The number of nitrogens with two attached hydrogens (primary N) is 2. The van der Waals surface area contributed by atoms with E-state index in [9.17, 15) is 36.2 Å². The summed E-state index contributed by atoms with van der Waals surface area (Å²) in [6, 6.07) is 0. The van der Waals surface area contributed by atoms with Crippen LogP contribution in [0.1, 0.15) is 0 Å². The highest BCUT2D eigenvalue weighted by molar-refractivity contribution is 6.23. The van der Waals surface area contributed by atoms with Crippen LogP contribution in [0, 0.1) is 17.8 Å². The highest BCUT2D eigenvalue weighted by Crippen LogP contribution is 2.51. The summed E-state index contributed by atoms with van der Waals surface area (Å²) in [5.74, 6) is -8.01. The molecule has 1 heterocycles. The zero-order chi connectivity index (χ0) is 30.1. The first-order valence-electron chi connectivity index (χ1n) is 9.61. The maximum absolute atomic E-state index is 12.5. The van der Waals surface area contributed by atoms with Crippen molar-refractivity contribution in [3.63, 3.8) is 0 Å². The molecule has 2 rings (SSSR count). The molecule has 0 saturated heterocycles. The van der Waals surface area contributed by atoms with Crippen molar-refractivity contribution in [3.8, 4) is 0 Å². The van der Waals surface area contributed by atoms with Crippen molar-refractivity contribution in [2.45, 2.75) is 29.5 Å². The zero-order valence-electron chi connectivity index (χ0n) is 18.5. The number of hydrogen-bond acceptors (Lipinski definition) is 10. The van der Waals surface area contributed by atoms with Gasteiger partial charge in [-0.25, -0.2) is 14.6 Å². The average Bonchev–Trinajstić information content (AvgIpc) is 3.22. The van der Waals surface area contributed by atoms with Gasteiger partial charge in [-0.15, -0.1) is 11.6 Å². The lowest BCUT2D eigenvalue weighted by atomic mass is 9.78. The van der Waals surface area contributed by atoms with Gasteiger partial charge in [-0.05, 0) is 22.9 Å². The number of aliphatic hydroxyl groups is 1. The second-order valence-electron chi connectivity index (χ2n) is 7.26. The highest BCUT2D eigenvalue weighted by atomic mass is 35.5. The van der Waals surface area contributed by atoms with E-state index in [1.807, 2.05) is 0 Å². The maximum atomic E-state index is 12.5. The van der Waals surface area contributed by atoms with Crippen LogP contribution in [0.5, 0.6) is 0 Å². The number of nitrogens with zero attached hydrogens (tertiary/aromatic N) is 7. The number of azide groups is 2. The molecule has 1 saturated carbocycles. The number of ketones is 1. The number of hydrogen-bond donors (Lipinski definition) is 6. The lowest BCUT2D eigenvalue weighted by Crippen LogP contribution is -2.62. The van der Waals surface area contributed by atoms with Crippen molar-refractivity contribution in [1.82, 2.24) is 5.32 Å². The van der Waals surface area contributed by atoms with Gasteiger partial charge in [-0.2, -0.15) is 26.3 Å². The summed E-state index contributed by atoms with van der Waals surface area (Å²) in [6.45, 7) is -0.413. The quantitative estimate of drug-likeness (QED) is 0.0846. The second-order valence-corrected chi connectivity index (χ2v) is 7.73. The lowest BCUT2D eigenvalue weighted by Gasteiger charge is -2.36. The fourth-order valence-electron chi connectivity index (χ4n) is 3.71. The van der Waals surface area contributed by atoms with Gasteiger partial charge in [0.25, 0.3) is 0 Å². The summed E-state index contributed by atoms with van der Waals surface area (Å²) in [7, 11) is 0. The zero-order valence-corrected chi connectivity index (χ0v) is 19.3. The molecule has 23 heteroatoms. The van der Waals surface area contributed by atoms with Gasteiger partial charge in [0.1, 0.15) is 5.54 Å². The average molecular weight is 585 g/mol. The third-order valence-corrected chi connectivity index (χ3v) is 5.79. The van der Waals surface area contributed by atoms with Crippen LogP contribution < -0.4 is 16.8 Å². The Kier molecular flexibility index (Phi) is 12.4. The molecular formula is C15H19ClF6N10O6. The van der Waals surface area contributed by atoms with Crippen LogP contribution in [0.25, 0.3) is 20.9 Å². The Hall–Kier alpha value is -3.71. The van der Waals surface area contributed by atoms with E-state index >= 15 is 0 Å². The normalized spacial score (nSPS) is 27.7.